The van der Waals surface area contributed by atoms with E-state index >= 15 is 0 Å². The van der Waals surface area contributed by atoms with Crippen LogP contribution >= 0.6 is 12.2 Å². The van der Waals surface area contributed by atoms with Crippen LogP contribution in [0.1, 0.15) is 72.9 Å². The van der Waals surface area contributed by atoms with Gasteiger partial charge in [-0.2, -0.15) is 0 Å². The van der Waals surface area contributed by atoms with Crippen LogP contribution in [0, 0.1) is 12.8 Å². The zero-order valence-corrected chi connectivity index (χ0v) is 22.3. The first-order valence-corrected chi connectivity index (χ1v) is 13.3. The molecule has 1 aliphatic rings. The average Bonchev–Trinajstić information content (AvgIpc) is 2.85. The number of carbonyl (C=O) groups excluding carboxylic acids is 1. The molecule has 0 unspecified atom stereocenters. The normalized spacial score (nSPS) is 14.6. The van der Waals surface area contributed by atoms with Crippen LogP contribution in [0.15, 0.2) is 42.5 Å². The molecule has 2 aromatic rings. The number of nitrogens with two attached hydrogens (primary N) is 1. The van der Waals surface area contributed by atoms with E-state index in [2.05, 4.69) is 23.3 Å². The predicted octanol–water partition coefficient (Wildman–Crippen LogP) is 4.67. The number of nitrogens with zero attached hydrogens (tertiary/aromatic N) is 1. The molecular weight excluding hydrogens is 477 g/mol. The van der Waals surface area contributed by atoms with Crippen molar-refractivity contribution in [3.63, 3.8) is 0 Å². The van der Waals surface area contributed by atoms with Crippen LogP contribution in [0.2, 0.25) is 0 Å². The second kappa shape index (κ2) is 15.3. The van der Waals surface area contributed by atoms with E-state index in [1.165, 1.54) is 38.5 Å². The van der Waals surface area contributed by atoms with Gasteiger partial charge in [-0.25, -0.2) is 4.79 Å². The summed E-state index contributed by atoms with van der Waals surface area (Å²) >= 11 is 4.88. The number of aryl methyl sites for hydroxylation is 1. The van der Waals surface area contributed by atoms with Crippen LogP contribution in [-0.4, -0.2) is 65.4 Å². The van der Waals surface area contributed by atoms with Crippen molar-refractivity contribution < 1.29 is 14.7 Å². The molecule has 1 atom stereocenters. The van der Waals surface area contributed by atoms with E-state index in [4.69, 9.17) is 18.0 Å². The summed E-state index contributed by atoms with van der Waals surface area (Å²) in [4.78, 5) is 27.6. The molecule has 0 bridgehead atoms. The first kappa shape index (κ1) is 31.0. The van der Waals surface area contributed by atoms with Gasteiger partial charge >= 0.3 is 24.8 Å². The molecule has 1 saturated carbocycles. The van der Waals surface area contributed by atoms with Crippen LogP contribution in [-0.2, 0) is 11.3 Å². The molecule has 8 heteroatoms. The Morgan fingerprint density at radius 3 is 2.49 bits per heavy atom. The molecule has 0 radical (unpaired) electrons. The Bertz CT molecular complexity index is 1070. The molecule has 2 aromatic carbocycles. The molecule has 0 spiro atoms. The van der Waals surface area contributed by atoms with Crippen molar-refractivity contribution >= 4 is 47.9 Å². The fourth-order valence-corrected chi connectivity index (χ4v) is 5.15. The fraction of sp³-hybridized carbons (Fsp3) is 0.483. The van der Waals surface area contributed by atoms with Crippen molar-refractivity contribution in [2.24, 2.45) is 11.7 Å². The van der Waals surface area contributed by atoms with E-state index in [1.807, 2.05) is 43.3 Å². The van der Waals surface area contributed by atoms with E-state index < -0.39 is 17.9 Å². The Morgan fingerprint density at radius 2 is 1.84 bits per heavy atom. The first-order chi connectivity index (χ1) is 17.2. The Kier molecular flexibility index (Phi) is 12.8. The second-order valence-electron chi connectivity index (χ2n) is 10.1. The van der Waals surface area contributed by atoms with Gasteiger partial charge in [-0.1, -0.05) is 74.7 Å². The van der Waals surface area contributed by atoms with Crippen LogP contribution in [0.4, 0.5) is 0 Å². The summed E-state index contributed by atoms with van der Waals surface area (Å²) < 4.78 is 0. The van der Waals surface area contributed by atoms with E-state index in [-0.39, 0.29) is 36.7 Å². The molecule has 0 aliphatic heterocycles. The Hall–Kier alpha value is -2.17. The summed E-state index contributed by atoms with van der Waals surface area (Å²) in [5.74, 6) is -0.681. The molecular formula is C29H40LiN3O3S. The van der Waals surface area contributed by atoms with Crippen molar-refractivity contribution in [1.82, 2.24) is 10.2 Å². The number of amides is 1. The number of aliphatic carboxylic acids is 1. The molecule has 1 aliphatic carbocycles. The second-order valence-corrected chi connectivity index (χ2v) is 10.6. The predicted molar refractivity (Wildman–Crippen MR) is 156 cm³/mol. The third-order valence-electron chi connectivity index (χ3n) is 7.14. The van der Waals surface area contributed by atoms with E-state index in [0.717, 1.165) is 41.3 Å². The van der Waals surface area contributed by atoms with Crippen molar-refractivity contribution in [3.05, 3.63) is 59.2 Å². The van der Waals surface area contributed by atoms with Crippen molar-refractivity contribution in [2.75, 3.05) is 13.6 Å². The number of benzene rings is 2. The molecule has 0 saturated heterocycles. The summed E-state index contributed by atoms with van der Waals surface area (Å²) in [5, 5.41) is 12.3. The molecule has 4 N–H and O–H groups in total. The van der Waals surface area contributed by atoms with Gasteiger partial charge in [0.15, 0.2) is 0 Å². The van der Waals surface area contributed by atoms with Crippen LogP contribution < -0.4 is 11.1 Å². The first-order valence-electron chi connectivity index (χ1n) is 12.9. The zero-order chi connectivity index (χ0) is 26.1. The van der Waals surface area contributed by atoms with Crippen LogP contribution in [0.5, 0.6) is 0 Å². The SMILES string of the molecule is Cc1ccccc1-c1cc(CN(C)CCC2CCCCC2)ccc1C(=O)N[C@@H](CCC(N)=S)C(=O)O.[LiH]. The van der Waals surface area contributed by atoms with Gasteiger partial charge in [0, 0.05) is 18.5 Å². The van der Waals surface area contributed by atoms with Crippen molar-refractivity contribution in [2.45, 2.75) is 70.9 Å². The monoisotopic (exact) mass is 517 g/mol. The van der Waals surface area contributed by atoms with Crippen molar-refractivity contribution in [1.29, 1.82) is 0 Å². The van der Waals surface area contributed by atoms with Crippen LogP contribution in [0.3, 0.4) is 0 Å². The van der Waals surface area contributed by atoms with Crippen LogP contribution in [0.25, 0.3) is 11.1 Å². The topological polar surface area (TPSA) is 95.7 Å². The van der Waals surface area contributed by atoms with E-state index in [1.54, 1.807) is 0 Å². The van der Waals surface area contributed by atoms with Gasteiger partial charge in [-0.3, -0.25) is 4.79 Å². The van der Waals surface area contributed by atoms with Gasteiger partial charge in [-0.05, 0) is 73.7 Å². The standard InChI is InChI=1S/C29H39N3O3S.Li.H/c1-20-8-6-7-11-23(20)25-18-22(19-32(2)17-16-21-9-4-3-5-10-21)12-13-24(25)28(33)31-26(29(34)35)14-15-27(30)36;;/h6-8,11-13,18,21,26H,3-5,9-10,14-17,19H2,1-2H3,(H2,30,36)(H,31,33)(H,34,35);;/t26-;;/m0../s1. The third kappa shape index (κ3) is 9.57. The Morgan fingerprint density at radius 1 is 1.14 bits per heavy atom. The molecule has 0 aromatic heterocycles. The summed E-state index contributed by atoms with van der Waals surface area (Å²) in [6.07, 6.45) is 8.43. The third-order valence-corrected chi connectivity index (χ3v) is 7.35. The molecule has 1 amide bonds. The summed E-state index contributed by atoms with van der Waals surface area (Å²) in [6, 6.07) is 12.7. The van der Waals surface area contributed by atoms with E-state index in [9.17, 15) is 14.7 Å². The van der Waals surface area contributed by atoms with E-state index in [0.29, 0.717) is 5.56 Å². The number of nitrogens with one attached hydrogen (secondary N) is 1. The van der Waals surface area contributed by atoms with Gasteiger partial charge < -0.3 is 21.1 Å². The number of carboxylic acid groups (broad SMARTS) is 1. The number of hydrogen-bond donors (Lipinski definition) is 3. The maximum absolute atomic E-state index is 13.3. The molecule has 196 valence electrons. The summed E-state index contributed by atoms with van der Waals surface area (Å²) in [6.45, 7) is 3.86. The minimum absolute atomic E-state index is 0. The van der Waals surface area contributed by atoms with Gasteiger partial charge in [0.1, 0.15) is 6.04 Å². The quantitative estimate of drug-likeness (QED) is 0.280. The number of carboxylic acids is 1. The van der Waals surface area contributed by atoms with Gasteiger partial charge in [0.2, 0.25) is 0 Å². The number of hydrogen-bond acceptors (Lipinski definition) is 4. The minimum atomic E-state index is -1.10. The number of thiocarbonyl (C=S) groups is 1. The average molecular weight is 518 g/mol. The summed E-state index contributed by atoms with van der Waals surface area (Å²) in [5.41, 5.74) is 9.95. The molecule has 3 rings (SSSR count). The molecule has 1 fully saturated rings. The van der Waals surface area contributed by atoms with Gasteiger partial charge in [-0.15, -0.1) is 0 Å². The van der Waals surface area contributed by atoms with Crippen molar-refractivity contribution in [3.8, 4) is 11.1 Å². The Labute approximate surface area is 238 Å². The number of carbonyl (C=O) groups is 2. The molecule has 37 heavy (non-hydrogen) atoms. The number of rotatable bonds is 12. The molecule has 0 heterocycles. The summed E-state index contributed by atoms with van der Waals surface area (Å²) in [7, 11) is 2.15. The maximum atomic E-state index is 13.3. The van der Waals surface area contributed by atoms with Gasteiger partial charge in [0.25, 0.3) is 5.91 Å². The molecule has 6 nitrogen and oxygen atoms in total. The fourth-order valence-electron chi connectivity index (χ4n) is 5.04. The van der Waals surface area contributed by atoms with Gasteiger partial charge in [0.05, 0.1) is 4.99 Å². The zero-order valence-electron chi connectivity index (χ0n) is 21.5. The Balaban J connectivity index is 0.00000481.